The molecule has 0 fully saturated rings. The van der Waals surface area contributed by atoms with Gasteiger partial charge in [-0.05, 0) is 15.9 Å². The van der Waals surface area contributed by atoms with Crippen LogP contribution in [0.1, 0.15) is 0 Å². The van der Waals surface area contributed by atoms with Crippen molar-refractivity contribution < 1.29 is 0 Å². The summed E-state index contributed by atoms with van der Waals surface area (Å²) in [6.45, 7) is 4.30. The molecule has 1 N–H and O–H groups in total. The summed E-state index contributed by atoms with van der Waals surface area (Å²) < 4.78 is 1.64. The van der Waals surface area contributed by atoms with Crippen LogP contribution in [0.3, 0.4) is 0 Å². The van der Waals surface area contributed by atoms with Crippen molar-refractivity contribution in [1.82, 2.24) is 9.78 Å². The van der Waals surface area contributed by atoms with Gasteiger partial charge in [0.15, 0.2) is 0 Å². The molecule has 1 heterocycles. The predicted molar refractivity (Wildman–Crippen MR) is 63.7 cm³/mol. The summed E-state index contributed by atoms with van der Waals surface area (Å²) in [4.78, 5) is 11.6. The number of hydrogen-bond acceptors (Lipinski definition) is 3. The summed E-state index contributed by atoms with van der Waals surface area (Å²) >= 11 is 3.19. The van der Waals surface area contributed by atoms with E-state index in [2.05, 4.69) is 38.8 Å². The number of nitrogens with one attached hydrogen (secondary N) is 1. The average molecular weight is 268 g/mol. The first-order valence-electron chi connectivity index (χ1n) is 4.24. The van der Waals surface area contributed by atoms with Crippen molar-refractivity contribution >= 4 is 21.6 Å². The lowest BCUT2D eigenvalue weighted by atomic mass is 10.4. The van der Waals surface area contributed by atoms with E-state index >= 15 is 0 Å². The molecule has 15 heavy (non-hydrogen) atoms. The zero-order valence-corrected chi connectivity index (χ0v) is 9.62. The molecular weight excluding hydrogens is 258 g/mol. The Balaban J connectivity index is 3.05. The van der Waals surface area contributed by atoms with Gasteiger partial charge in [-0.15, -0.1) is 13.0 Å². The molecule has 0 atom stereocenters. The van der Waals surface area contributed by atoms with Gasteiger partial charge in [-0.25, -0.2) is 4.68 Å². The third-order valence-electron chi connectivity index (χ3n) is 1.66. The summed E-state index contributed by atoms with van der Waals surface area (Å²) in [6, 6.07) is 0. The van der Waals surface area contributed by atoms with Crippen LogP contribution in [-0.4, -0.2) is 16.3 Å². The van der Waals surface area contributed by atoms with E-state index in [4.69, 9.17) is 6.42 Å². The van der Waals surface area contributed by atoms with E-state index < -0.39 is 0 Å². The average Bonchev–Trinajstić information content (AvgIpc) is 2.24. The van der Waals surface area contributed by atoms with Crippen LogP contribution in [0.15, 0.2) is 28.1 Å². The van der Waals surface area contributed by atoms with Crippen molar-refractivity contribution in [2.45, 2.75) is 6.54 Å². The molecule has 78 valence electrons. The minimum Gasteiger partial charge on any atom is -0.379 e. The molecule has 0 bridgehead atoms. The molecule has 0 aliphatic heterocycles. The number of anilines is 1. The number of nitrogens with zero attached hydrogens (tertiary/aromatic N) is 2. The largest absolute Gasteiger partial charge is 0.379 e. The second-order valence-electron chi connectivity index (χ2n) is 2.71. The van der Waals surface area contributed by atoms with Gasteiger partial charge in [0.05, 0.1) is 11.9 Å². The molecule has 0 radical (unpaired) electrons. The minimum atomic E-state index is -0.248. The molecule has 0 aromatic carbocycles. The van der Waals surface area contributed by atoms with E-state index in [0.717, 1.165) is 0 Å². The molecule has 1 aromatic rings. The summed E-state index contributed by atoms with van der Waals surface area (Å²) in [7, 11) is 0. The topological polar surface area (TPSA) is 46.9 Å². The first-order chi connectivity index (χ1) is 7.20. The van der Waals surface area contributed by atoms with Crippen molar-refractivity contribution in [3.05, 3.63) is 33.7 Å². The van der Waals surface area contributed by atoms with Gasteiger partial charge in [-0.2, -0.15) is 5.10 Å². The highest BCUT2D eigenvalue weighted by Gasteiger charge is 2.06. The lowest BCUT2D eigenvalue weighted by Crippen LogP contribution is -2.24. The second kappa shape index (κ2) is 5.37. The van der Waals surface area contributed by atoms with Crippen LogP contribution in [-0.2, 0) is 6.54 Å². The molecule has 0 amide bonds. The Morgan fingerprint density at radius 2 is 2.53 bits per heavy atom. The van der Waals surface area contributed by atoms with Crippen molar-refractivity contribution in [2.24, 2.45) is 0 Å². The molecule has 4 nitrogen and oxygen atoms in total. The Morgan fingerprint density at radius 3 is 3.13 bits per heavy atom. The molecule has 0 aliphatic rings. The predicted octanol–water partition coefficient (Wildman–Crippen LogP) is 1.24. The SMILES string of the molecule is C#CCn1ncc(NCC=C)c(Br)c1=O. The summed E-state index contributed by atoms with van der Waals surface area (Å²) in [5, 5.41) is 6.90. The summed E-state index contributed by atoms with van der Waals surface area (Å²) in [6.07, 6.45) is 8.35. The smallest absolute Gasteiger partial charge is 0.284 e. The fourth-order valence-corrected chi connectivity index (χ4v) is 1.42. The normalized spacial score (nSPS) is 9.33. The Bertz CT molecular complexity index is 459. The Hall–Kier alpha value is -1.54. The molecular formula is C10H10BrN3O. The van der Waals surface area contributed by atoms with Gasteiger partial charge in [0, 0.05) is 6.54 Å². The lowest BCUT2D eigenvalue weighted by Gasteiger charge is -2.06. The quantitative estimate of drug-likeness (QED) is 0.660. The van der Waals surface area contributed by atoms with Gasteiger partial charge in [0.2, 0.25) is 0 Å². The Kier molecular flexibility index (Phi) is 4.13. The Morgan fingerprint density at radius 1 is 1.80 bits per heavy atom. The Labute approximate surface area is 96.1 Å². The molecule has 1 aromatic heterocycles. The number of rotatable bonds is 4. The number of halogens is 1. The zero-order valence-electron chi connectivity index (χ0n) is 8.03. The first-order valence-corrected chi connectivity index (χ1v) is 5.04. The van der Waals surface area contributed by atoms with Gasteiger partial charge >= 0.3 is 0 Å². The van der Waals surface area contributed by atoms with Gasteiger partial charge < -0.3 is 5.32 Å². The van der Waals surface area contributed by atoms with Crippen molar-refractivity contribution in [2.75, 3.05) is 11.9 Å². The molecule has 0 saturated heterocycles. The van der Waals surface area contributed by atoms with Gasteiger partial charge in [-0.3, -0.25) is 4.79 Å². The van der Waals surface area contributed by atoms with Gasteiger partial charge in [0.1, 0.15) is 11.0 Å². The van der Waals surface area contributed by atoms with E-state index in [1.165, 1.54) is 4.68 Å². The van der Waals surface area contributed by atoms with Crippen LogP contribution in [0.2, 0.25) is 0 Å². The highest BCUT2D eigenvalue weighted by atomic mass is 79.9. The van der Waals surface area contributed by atoms with E-state index in [1.807, 2.05) is 0 Å². The number of hydrogen-bond donors (Lipinski definition) is 1. The van der Waals surface area contributed by atoms with Crippen LogP contribution in [0, 0.1) is 12.3 Å². The lowest BCUT2D eigenvalue weighted by molar-refractivity contribution is 0.660. The first kappa shape index (κ1) is 11.5. The maximum absolute atomic E-state index is 11.6. The van der Waals surface area contributed by atoms with Crippen LogP contribution in [0.5, 0.6) is 0 Å². The van der Waals surface area contributed by atoms with Crippen LogP contribution in [0.4, 0.5) is 5.69 Å². The van der Waals surface area contributed by atoms with E-state index in [0.29, 0.717) is 16.7 Å². The van der Waals surface area contributed by atoms with E-state index in [9.17, 15) is 4.79 Å². The van der Waals surface area contributed by atoms with Crippen LogP contribution < -0.4 is 10.9 Å². The molecule has 0 unspecified atom stereocenters. The number of terminal acetylenes is 1. The summed E-state index contributed by atoms with van der Waals surface area (Å²) in [5.74, 6) is 2.36. The minimum absolute atomic E-state index is 0.166. The summed E-state index contributed by atoms with van der Waals surface area (Å²) in [5.41, 5.74) is 0.384. The molecule has 0 aliphatic carbocycles. The third kappa shape index (κ3) is 2.70. The van der Waals surface area contributed by atoms with Crippen LogP contribution in [0.25, 0.3) is 0 Å². The zero-order chi connectivity index (χ0) is 11.3. The van der Waals surface area contributed by atoms with E-state index in [-0.39, 0.29) is 12.1 Å². The highest BCUT2D eigenvalue weighted by Crippen LogP contribution is 2.15. The monoisotopic (exact) mass is 267 g/mol. The molecule has 0 spiro atoms. The fraction of sp³-hybridized carbons (Fsp3) is 0.200. The standard InChI is InChI=1S/C10H10BrN3O/c1-3-5-12-8-7-13-14(6-4-2)10(15)9(8)11/h2-3,7,12H,1,5-6H2. The van der Waals surface area contributed by atoms with Crippen LogP contribution >= 0.6 is 15.9 Å². The van der Waals surface area contributed by atoms with Crippen molar-refractivity contribution in [3.63, 3.8) is 0 Å². The van der Waals surface area contributed by atoms with Gasteiger partial charge in [0.25, 0.3) is 5.56 Å². The van der Waals surface area contributed by atoms with Crippen molar-refractivity contribution in [1.29, 1.82) is 0 Å². The highest BCUT2D eigenvalue weighted by molar-refractivity contribution is 9.10. The molecule has 0 saturated carbocycles. The number of aromatic nitrogens is 2. The van der Waals surface area contributed by atoms with E-state index in [1.54, 1.807) is 12.3 Å². The van der Waals surface area contributed by atoms with Gasteiger partial charge in [-0.1, -0.05) is 12.0 Å². The molecule has 1 rings (SSSR count). The third-order valence-corrected chi connectivity index (χ3v) is 2.43. The maximum Gasteiger partial charge on any atom is 0.284 e. The maximum atomic E-state index is 11.6. The second-order valence-corrected chi connectivity index (χ2v) is 3.50. The van der Waals surface area contributed by atoms with Crippen molar-refractivity contribution in [3.8, 4) is 12.3 Å². The molecule has 5 heteroatoms. The fourth-order valence-electron chi connectivity index (χ4n) is 0.970.